The van der Waals surface area contributed by atoms with Gasteiger partial charge in [0.25, 0.3) is 0 Å². The van der Waals surface area contributed by atoms with Gasteiger partial charge in [-0.15, -0.1) is 0 Å². The van der Waals surface area contributed by atoms with Crippen molar-refractivity contribution in [3.05, 3.63) is 0 Å². The molecule has 4 N–H and O–H groups in total. The lowest BCUT2D eigenvalue weighted by atomic mass is 9.46. The van der Waals surface area contributed by atoms with Gasteiger partial charge in [0.15, 0.2) is 0 Å². The van der Waals surface area contributed by atoms with E-state index in [1.165, 1.54) is 4.90 Å². The average Bonchev–Trinajstić information content (AvgIpc) is 2.92. The molecular weight excluding hydrogens is 298 g/mol. The van der Waals surface area contributed by atoms with Crippen LogP contribution in [-0.4, -0.2) is 52.2 Å². The largest absolute Gasteiger partial charge is 0.475 e. The molecule has 5 rings (SSSR count). The van der Waals surface area contributed by atoms with Gasteiger partial charge in [0.05, 0.1) is 12.0 Å². The molecule has 0 radical (unpaired) electrons. The molecule has 5 aliphatic rings. The van der Waals surface area contributed by atoms with E-state index < -0.39 is 30.2 Å². The van der Waals surface area contributed by atoms with Crippen molar-refractivity contribution in [2.45, 2.75) is 69.0 Å². The van der Waals surface area contributed by atoms with Crippen LogP contribution in [0.1, 0.15) is 51.4 Å². The maximum atomic E-state index is 15.1. The molecule has 1 saturated heterocycles. The molecule has 4 bridgehead atoms. The normalized spacial score (nSPS) is 46.3. The van der Waals surface area contributed by atoms with E-state index in [-0.39, 0.29) is 5.91 Å². The van der Waals surface area contributed by atoms with Crippen molar-refractivity contribution < 1.29 is 19.2 Å². The molecule has 1 amide bonds. The first-order valence-electron chi connectivity index (χ1n) is 8.93. The maximum absolute atomic E-state index is 15.1. The summed E-state index contributed by atoms with van der Waals surface area (Å²) >= 11 is 0. The van der Waals surface area contributed by atoms with Crippen LogP contribution >= 0.6 is 0 Å². The summed E-state index contributed by atoms with van der Waals surface area (Å²) in [7, 11) is -1.53. The van der Waals surface area contributed by atoms with Gasteiger partial charge in [-0.05, 0) is 68.6 Å². The van der Waals surface area contributed by atoms with Gasteiger partial charge in [0.1, 0.15) is 5.67 Å². The smallest absolute Gasteiger partial charge is 0.426 e. The first-order chi connectivity index (χ1) is 10.8. The number of carbonyl (C=O) groups is 1. The monoisotopic (exact) mass is 324 g/mol. The number of hydrogen-bond acceptors (Lipinski definition) is 4. The Balaban J connectivity index is 1.57. The Morgan fingerprint density at radius 1 is 1.26 bits per heavy atom. The zero-order valence-electron chi connectivity index (χ0n) is 13.5. The zero-order valence-corrected chi connectivity index (χ0v) is 13.5. The molecule has 4 atom stereocenters. The highest BCUT2D eigenvalue weighted by molar-refractivity contribution is 6.43. The van der Waals surface area contributed by atoms with E-state index in [1.807, 2.05) is 0 Å². The van der Waals surface area contributed by atoms with Crippen molar-refractivity contribution in [2.75, 3.05) is 6.54 Å². The molecule has 0 aromatic carbocycles. The Hall–Kier alpha value is -0.655. The van der Waals surface area contributed by atoms with E-state index >= 15 is 4.39 Å². The van der Waals surface area contributed by atoms with Crippen LogP contribution in [-0.2, 0) is 4.79 Å². The highest BCUT2D eigenvalue weighted by Gasteiger charge is 2.61. The van der Waals surface area contributed by atoms with Gasteiger partial charge in [-0.3, -0.25) is 4.79 Å². The number of halogens is 1. The lowest BCUT2D eigenvalue weighted by Crippen LogP contribution is -2.64. The fourth-order valence-electron chi connectivity index (χ4n) is 6.40. The molecule has 23 heavy (non-hydrogen) atoms. The topological polar surface area (TPSA) is 86.8 Å². The van der Waals surface area contributed by atoms with E-state index in [0.29, 0.717) is 44.1 Å². The van der Waals surface area contributed by atoms with Crippen LogP contribution in [0.4, 0.5) is 4.39 Å². The highest BCUT2D eigenvalue weighted by Crippen LogP contribution is 2.64. The Labute approximate surface area is 136 Å². The number of hydrogen-bond donors (Lipinski definition) is 3. The summed E-state index contributed by atoms with van der Waals surface area (Å²) in [5.74, 6) is -0.0660. The second-order valence-corrected chi connectivity index (χ2v) is 8.61. The summed E-state index contributed by atoms with van der Waals surface area (Å²) < 4.78 is 15.1. The summed E-state index contributed by atoms with van der Waals surface area (Å²) in [4.78, 5) is 14.5. The Morgan fingerprint density at radius 2 is 1.91 bits per heavy atom. The molecule has 0 aromatic heterocycles. The van der Waals surface area contributed by atoms with Crippen LogP contribution in [0, 0.1) is 17.3 Å². The molecule has 128 valence electrons. The van der Waals surface area contributed by atoms with Crippen LogP contribution in [0.15, 0.2) is 0 Å². The predicted molar refractivity (Wildman–Crippen MR) is 83.9 cm³/mol. The fraction of sp³-hybridized carbons (Fsp3) is 0.938. The predicted octanol–water partition coefficient (Wildman–Crippen LogP) is 0.625. The average molecular weight is 324 g/mol. The van der Waals surface area contributed by atoms with Crippen LogP contribution in [0.5, 0.6) is 0 Å². The summed E-state index contributed by atoms with van der Waals surface area (Å²) in [6.45, 7) is 0.512. The quantitative estimate of drug-likeness (QED) is 0.665. The molecule has 2 unspecified atom stereocenters. The SMILES string of the molecule is N[C@H](C(=O)N1CCC[C@H]1B(O)O)C12CC3CC(CC(F)(C3)C1)C2. The van der Waals surface area contributed by atoms with Gasteiger partial charge in [-0.1, -0.05) is 0 Å². The Kier molecular flexibility index (Phi) is 3.56. The molecule has 0 aromatic rings. The molecule has 5 fully saturated rings. The lowest BCUT2D eigenvalue weighted by molar-refractivity contribution is -0.155. The third-order valence-corrected chi connectivity index (χ3v) is 6.89. The number of nitrogens with two attached hydrogens (primary N) is 1. The molecule has 7 heteroatoms. The van der Waals surface area contributed by atoms with Gasteiger partial charge in [-0.2, -0.15) is 0 Å². The maximum Gasteiger partial charge on any atom is 0.475 e. The number of nitrogens with zero attached hydrogens (tertiary/aromatic N) is 1. The zero-order chi connectivity index (χ0) is 16.4. The molecule has 1 heterocycles. The van der Waals surface area contributed by atoms with Crippen LogP contribution < -0.4 is 5.73 Å². The van der Waals surface area contributed by atoms with Crippen molar-refractivity contribution in [1.82, 2.24) is 4.90 Å². The molecular formula is C16H26BFN2O3. The molecule has 0 spiro atoms. The van der Waals surface area contributed by atoms with Gasteiger partial charge in [0, 0.05) is 6.54 Å². The molecule has 4 saturated carbocycles. The fourth-order valence-corrected chi connectivity index (χ4v) is 6.40. The second-order valence-electron chi connectivity index (χ2n) is 8.61. The minimum Gasteiger partial charge on any atom is -0.426 e. The van der Waals surface area contributed by atoms with E-state index in [1.54, 1.807) is 0 Å². The summed E-state index contributed by atoms with van der Waals surface area (Å²) in [6, 6.07) is -0.720. The summed E-state index contributed by atoms with van der Waals surface area (Å²) in [5, 5.41) is 19.0. The van der Waals surface area contributed by atoms with Gasteiger partial charge < -0.3 is 20.7 Å². The van der Waals surface area contributed by atoms with E-state index in [0.717, 1.165) is 25.7 Å². The Bertz CT molecular complexity index is 504. The highest BCUT2D eigenvalue weighted by atomic mass is 19.1. The van der Waals surface area contributed by atoms with Crippen molar-refractivity contribution in [3.8, 4) is 0 Å². The van der Waals surface area contributed by atoms with Crippen molar-refractivity contribution in [3.63, 3.8) is 0 Å². The third kappa shape index (κ3) is 2.43. The van der Waals surface area contributed by atoms with E-state index in [2.05, 4.69) is 0 Å². The molecule has 5 nitrogen and oxygen atoms in total. The first-order valence-corrected chi connectivity index (χ1v) is 8.93. The van der Waals surface area contributed by atoms with Crippen molar-refractivity contribution in [2.24, 2.45) is 23.0 Å². The van der Waals surface area contributed by atoms with Gasteiger partial charge in [-0.25, -0.2) is 4.39 Å². The van der Waals surface area contributed by atoms with Crippen molar-refractivity contribution >= 4 is 13.0 Å². The summed E-state index contributed by atoms with van der Waals surface area (Å²) in [6.07, 6.45) is 5.79. The number of likely N-dealkylation sites (tertiary alicyclic amines) is 1. The van der Waals surface area contributed by atoms with Crippen LogP contribution in [0.25, 0.3) is 0 Å². The number of amides is 1. The van der Waals surface area contributed by atoms with E-state index in [9.17, 15) is 14.8 Å². The minimum absolute atomic E-state index is 0.217. The number of carbonyl (C=O) groups excluding carboxylic acids is 1. The third-order valence-electron chi connectivity index (χ3n) is 6.89. The minimum atomic E-state index is -1.53. The Morgan fingerprint density at radius 3 is 2.48 bits per heavy atom. The molecule has 4 aliphatic carbocycles. The first kappa shape index (κ1) is 15.8. The standard InChI is InChI=1S/C16H26BFN2O3/c18-16-7-10-4-11(8-16)6-15(5-10,9-16)13(19)14(21)20-3-1-2-12(20)17(22)23/h10-13,22-23H,1-9,19H2/t10?,11?,12-,13+,15?,16?/m0/s1. The van der Waals surface area contributed by atoms with Gasteiger partial charge >= 0.3 is 7.12 Å². The van der Waals surface area contributed by atoms with Crippen molar-refractivity contribution in [1.29, 1.82) is 0 Å². The van der Waals surface area contributed by atoms with Crippen LogP contribution in [0.3, 0.4) is 0 Å². The van der Waals surface area contributed by atoms with Crippen LogP contribution in [0.2, 0.25) is 0 Å². The lowest BCUT2D eigenvalue weighted by Gasteiger charge is -2.60. The second kappa shape index (κ2) is 5.17. The number of alkyl halides is 1. The van der Waals surface area contributed by atoms with E-state index in [4.69, 9.17) is 5.73 Å². The number of rotatable bonds is 3. The summed E-state index contributed by atoms with van der Waals surface area (Å²) in [5.41, 5.74) is 4.83. The molecule has 1 aliphatic heterocycles. The van der Waals surface area contributed by atoms with Gasteiger partial charge in [0.2, 0.25) is 5.91 Å².